The van der Waals surface area contributed by atoms with Crippen molar-refractivity contribution in [2.45, 2.75) is 6.92 Å². The molecule has 6 heteroatoms. The van der Waals surface area contributed by atoms with Gasteiger partial charge in [-0.3, -0.25) is 9.48 Å². The number of rotatable bonds is 2. The third kappa shape index (κ3) is 2.45. The van der Waals surface area contributed by atoms with Crippen LogP contribution in [0, 0.1) is 24.1 Å². The average molecular weight is 258 g/mol. The summed E-state index contributed by atoms with van der Waals surface area (Å²) < 4.78 is 14.7. The number of carbonyl (C=O) groups excluding carboxylic acids is 1. The second kappa shape index (κ2) is 4.90. The quantitative estimate of drug-likeness (QED) is 0.895. The topological polar surface area (TPSA) is 70.7 Å². The molecule has 0 unspecified atom stereocenters. The van der Waals surface area contributed by atoms with Gasteiger partial charge in [0.05, 0.1) is 17.3 Å². The molecule has 0 aliphatic rings. The minimum Gasteiger partial charge on any atom is -0.322 e. The minimum absolute atomic E-state index is 0.110. The summed E-state index contributed by atoms with van der Waals surface area (Å²) in [6.45, 7) is 1.77. The number of halogens is 1. The second-order valence-corrected chi connectivity index (χ2v) is 4.03. The number of aryl methyl sites for hydroxylation is 1. The number of hydrogen-bond donors (Lipinski definition) is 1. The van der Waals surface area contributed by atoms with E-state index in [2.05, 4.69) is 10.4 Å². The van der Waals surface area contributed by atoms with Crippen molar-refractivity contribution in [2.24, 2.45) is 7.05 Å². The predicted molar refractivity (Wildman–Crippen MR) is 67.0 cm³/mol. The van der Waals surface area contributed by atoms with Gasteiger partial charge in [0, 0.05) is 18.4 Å². The molecule has 0 saturated carbocycles. The number of carbonyl (C=O) groups is 1. The van der Waals surface area contributed by atoms with Crippen LogP contribution in [0.25, 0.3) is 0 Å². The first-order chi connectivity index (χ1) is 9.02. The number of amides is 1. The van der Waals surface area contributed by atoms with Crippen LogP contribution < -0.4 is 5.32 Å². The maximum Gasteiger partial charge on any atom is 0.259 e. The standard InChI is InChI=1S/C13H11FN4O/c1-8-11(7-16-18(8)2)13(19)17-10-3-4-12(14)9(5-10)6-15/h3-5,7H,1-2H3,(H,17,19). The van der Waals surface area contributed by atoms with Crippen LogP contribution in [0.5, 0.6) is 0 Å². The van der Waals surface area contributed by atoms with Crippen LogP contribution in [0.2, 0.25) is 0 Å². The summed E-state index contributed by atoms with van der Waals surface area (Å²) in [4.78, 5) is 12.0. The maximum atomic E-state index is 13.1. The molecule has 1 N–H and O–H groups in total. The van der Waals surface area contributed by atoms with Gasteiger partial charge in [-0.05, 0) is 25.1 Å². The molecule has 0 atom stereocenters. The molecule has 1 heterocycles. The number of hydrogen-bond acceptors (Lipinski definition) is 3. The normalized spacial score (nSPS) is 10.0. The van der Waals surface area contributed by atoms with E-state index in [0.29, 0.717) is 11.3 Å². The summed E-state index contributed by atoms with van der Waals surface area (Å²) in [6, 6.07) is 5.56. The summed E-state index contributed by atoms with van der Waals surface area (Å²) in [5, 5.41) is 15.3. The molecule has 0 radical (unpaired) electrons. The molecule has 1 aromatic heterocycles. The summed E-state index contributed by atoms with van der Waals surface area (Å²) in [5.74, 6) is -0.959. The van der Waals surface area contributed by atoms with Gasteiger partial charge in [-0.25, -0.2) is 4.39 Å². The highest BCUT2D eigenvalue weighted by Gasteiger charge is 2.13. The van der Waals surface area contributed by atoms with Crippen LogP contribution in [-0.4, -0.2) is 15.7 Å². The van der Waals surface area contributed by atoms with Crippen molar-refractivity contribution in [3.63, 3.8) is 0 Å². The lowest BCUT2D eigenvalue weighted by Gasteiger charge is -2.05. The summed E-state index contributed by atoms with van der Waals surface area (Å²) in [6.07, 6.45) is 1.46. The Kier molecular flexibility index (Phi) is 3.29. The molecule has 1 aromatic carbocycles. The predicted octanol–water partition coefficient (Wildman–Crippen LogP) is 1.99. The first-order valence-corrected chi connectivity index (χ1v) is 5.52. The Labute approximate surface area is 109 Å². The summed E-state index contributed by atoms with van der Waals surface area (Å²) in [7, 11) is 1.73. The van der Waals surface area contributed by atoms with Crippen LogP contribution in [0.4, 0.5) is 10.1 Å². The van der Waals surface area contributed by atoms with Gasteiger partial charge in [0.25, 0.3) is 5.91 Å². The van der Waals surface area contributed by atoms with Crippen molar-refractivity contribution in [2.75, 3.05) is 5.32 Å². The van der Waals surface area contributed by atoms with E-state index >= 15 is 0 Å². The molecule has 1 amide bonds. The van der Waals surface area contributed by atoms with Crippen LogP contribution in [0.3, 0.4) is 0 Å². The number of benzene rings is 1. The molecule has 0 spiro atoms. The Morgan fingerprint density at radius 1 is 1.53 bits per heavy atom. The highest BCUT2D eigenvalue weighted by atomic mass is 19.1. The highest BCUT2D eigenvalue weighted by molar-refractivity contribution is 6.04. The third-order valence-electron chi connectivity index (χ3n) is 2.82. The minimum atomic E-state index is -0.613. The molecule has 2 aromatic rings. The van der Waals surface area contributed by atoms with E-state index in [9.17, 15) is 9.18 Å². The third-order valence-corrected chi connectivity index (χ3v) is 2.82. The van der Waals surface area contributed by atoms with Gasteiger partial charge in [-0.15, -0.1) is 0 Å². The van der Waals surface area contributed by atoms with Crippen LogP contribution in [-0.2, 0) is 7.05 Å². The SMILES string of the molecule is Cc1c(C(=O)Nc2ccc(F)c(C#N)c2)cnn1C. The van der Waals surface area contributed by atoms with Gasteiger partial charge in [0.15, 0.2) is 0 Å². The molecule has 0 aliphatic carbocycles. The molecule has 96 valence electrons. The fraction of sp³-hybridized carbons (Fsp3) is 0.154. The van der Waals surface area contributed by atoms with Crippen molar-refractivity contribution in [3.8, 4) is 6.07 Å². The lowest BCUT2D eigenvalue weighted by atomic mass is 10.2. The zero-order valence-corrected chi connectivity index (χ0v) is 10.4. The Morgan fingerprint density at radius 3 is 2.84 bits per heavy atom. The Balaban J connectivity index is 2.25. The second-order valence-electron chi connectivity index (χ2n) is 4.03. The molecular weight excluding hydrogens is 247 g/mol. The monoisotopic (exact) mass is 258 g/mol. The molecule has 0 aliphatic heterocycles. The molecule has 5 nitrogen and oxygen atoms in total. The summed E-state index contributed by atoms with van der Waals surface area (Å²) >= 11 is 0. The van der Waals surface area contributed by atoms with Gasteiger partial charge >= 0.3 is 0 Å². The average Bonchev–Trinajstić information content (AvgIpc) is 2.72. The van der Waals surface area contributed by atoms with Gasteiger partial charge < -0.3 is 5.32 Å². The zero-order valence-electron chi connectivity index (χ0n) is 10.4. The molecule has 2 rings (SSSR count). The molecular formula is C13H11FN4O. The number of nitriles is 1. The maximum absolute atomic E-state index is 13.1. The van der Waals surface area contributed by atoms with E-state index in [-0.39, 0.29) is 11.5 Å². The van der Waals surface area contributed by atoms with E-state index in [1.807, 2.05) is 0 Å². The largest absolute Gasteiger partial charge is 0.322 e. The Morgan fingerprint density at radius 2 is 2.26 bits per heavy atom. The summed E-state index contributed by atoms with van der Waals surface area (Å²) in [5.41, 5.74) is 1.41. The fourth-order valence-corrected chi connectivity index (χ4v) is 1.61. The van der Waals surface area contributed by atoms with Crippen molar-refractivity contribution in [3.05, 3.63) is 47.0 Å². The Hall–Kier alpha value is -2.68. The number of nitrogens with one attached hydrogen (secondary N) is 1. The first-order valence-electron chi connectivity index (χ1n) is 5.52. The molecule has 0 fully saturated rings. The van der Waals surface area contributed by atoms with Gasteiger partial charge in [0.2, 0.25) is 0 Å². The molecule has 0 saturated heterocycles. The van der Waals surface area contributed by atoms with E-state index in [4.69, 9.17) is 5.26 Å². The lowest BCUT2D eigenvalue weighted by molar-refractivity contribution is 0.102. The number of anilines is 1. The van der Waals surface area contributed by atoms with E-state index in [1.54, 1.807) is 24.7 Å². The first kappa shape index (κ1) is 12.8. The lowest BCUT2D eigenvalue weighted by Crippen LogP contribution is -2.13. The van der Waals surface area contributed by atoms with Gasteiger partial charge in [-0.1, -0.05) is 0 Å². The molecule has 19 heavy (non-hydrogen) atoms. The van der Waals surface area contributed by atoms with Crippen LogP contribution >= 0.6 is 0 Å². The van der Waals surface area contributed by atoms with Gasteiger partial charge in [0.1, 0.15) is 11.9 Å². The van der Waals surface area contributed by atoms with Gasteiger partial charge in [-0.2, -0.15) is 10.4 Å². The van der Waals surface area contributed by atoms with Crippen molar-refractivity contribution in [1.82, 2.24) is 9.78 Å². The zero-order chi connectivity index (χ0) is 14.0. The fourth-order valence-electron chi connectivity index (χ4n) is 1.61. The van der Waals surface area contributed by atoms with E-state index in [1.165, 1.54) is 18.3 Å². The van der Waals surface area contributed by atoms with E-state index < -0.39 is 5.82 Å². The smallest absolute Gasteiger partial charge is 0.259 e. The van der Waals surface area contributed by atoms with Crippen molar-refractivity contribution in [1.29, 1.82) is 5.26 Å². The van der Waals surface area contributed by atoms with Crippen molar-refractivity contribution >= 4 is 11.6 Å². The number of nitrogens with zero attached hydrogens (tertiary/aromatic N) is 3. The Bertz CT molecular complexity index is 684. The van der Waals surface area contributed by atoms with Crippen LogP contribution in [0.1, 0.15) is 21.6 Å². The van der Waals surface area contributed by atoms with E-state index in [0.717, 1.165) is 11.8 Å². The number of aromatic nitrogens is 2. The highest BCUT2D eigenvalue weighted by Crippen LogP contribution is 2.15. The van der Waals surface area contributed by atoms with Crippen LogP contribution in [0.15, 0.2) is 24.4 Å². The molecule has 0 bridgehead atoms. The van der Waals surface area contributed by atoms with Crippen molar-refractivity contribution < 1.29 is 9.18 Å².